The maximum Gasteiger partial charge on any atom is 0.220 e. The number of hydrogen-bond donors (Lipinski definition) is 3. The van der Waals surface area contributed by atoms with Crippen LogP contribution in [0.3, 0.4) is 0 Å². The molecule has 0 aliphatic carbocycles. The monoisotopic (exact) mass is 399 g/mol. The highest BCUT2D eigenvalue weighted by atomic mass is 16.7. The number of ether oxygens (including phenoxy) is 2. The van der Waals surface area contributed by atoms with Gasteiger partial charge in [-0.3, -0.25) is 4.79 Å². The standard InChI is InChI=1S/C22H41NO5/c1-2-3-4-5-6-7-8-9-10-11-12-13-14-15-18(24)23-19-20(25)17-16-27-22(28-17)21(19)26/h17,19-22,25-26H,2-16H2,1H3,(H,23,24)/t17-,19+,20-,21-,22-/m1/s1. The summed E-state index contributed by atoms with van der Waals surface area (Å²) < 4.78 is 10.6. The van der Waals surface area contributed by atoms with Crippen LogP contribution in [0.4, 0.5) is 0 Å². The second-order valence-electron chi connectivity index (χ2n) is 8.44. The molecule has 0 unspecified atom stereocenters. The SMILES string of the molecule is CCCCCCCCCCCCCCCC(=O)N[C@@H]1[C@@H](O)[C@@H]2OC[C@@H](O2)[C@H]1O. The molecule has 2 heterocycles. The van der Waals surface area contributed by atoms with Gasteiger partial charge in [0.1, 0.15) is 18.3 Å². The summed E-state index contributed by atoms with van der Waals surface area (Å²) in [5.74, 6) is -0.118. The molecule has 0 aromatic carbocycles. The van der Waals surface area contributed by atoms with Crippen molar-refractivity contribution in [1.29, 1.82) is 0 Å². The molecule has 3 N–H and O–H groups in total. The number of unbranched alkanes of at least 4 members (excludes halogenated alkanes) is 12. The minimum Gasteiger partial charge on any atom is -0.388 e. The average Bonchev–Trinajstić information content (AvgIpc) is 3.15. The van der Waals surface area contributed by atoms with Crippen LogP contribution in [-0.4, -0.2) is 53.4 Å². The van der Waals surface area contributed by atoms with Crippen LogP contribution in [0.25, 0.3) is 0 Å². The zero-order valence-corrected chi connectivity index (χ0v) is 17.6. The van der Waals surface area contributed by atoms with Gasteiger partial charge in [0.2, 0.25) is 5.91 Å². The van der Waals surface area contributed by atoms with Crippen LogP contribution in [0.1, 0.15) is 96.8 Å². The Morgan fingerprint density at radius 3 is 1.96 bits per heavy atom. The van der Waals surface area contributed by atoms with E-state index in [9.17, 15) is 15.0 Å². The van der Waals surface area contributed by atoms with Crippen LogP contribution in [0.2, 0.25) is 0 Å². The molecule has 0 spiro atoms. The zero-order valence-electron chi connectivity index (χ0n) is 17.6. The van der Waals surface area contributed by atoms with Gasteiger partial charge in [0, 0.05) is 6.42 Å². The van der Waals surface area contributed by atoms with E-state index in [4.69, 9.17) is 9.47 Å². The third-order valence-corrected chi connectivity index (χ3v) is 5.96. The van der Waals surface area contributed by atoms with Gasteiger partial charge in [0.25, 0.3) is 0 Å². The predicted octanol–water partition coefficient (Wildman–Crippen LogP) is 3.43. The van der Waals surface area contributed by atoms with Gasteiger partial charge >= 0.3 is 0 Å². The number of rotatable bonds is 15. The van der Waals surface area contributed by atoms with Gasteiger partial charge in [-0.25, -0.2) is 0 Å². The van der Waals surface area contributed by atoms with E-state index < -0.39 is 30.6 Å². The molecular formula is C22H41NO5. The largest absolute Gasteiger partial charge is 0.388 e. The van der Waals surface area contributed by atoms with Crippen molar-refractivity contribution in [2.75, 3.05) is 6.61 Å². The first-order valence-corrected chi connectivity index (χ1v) is 11.6. The molecule has 28 heavy (non-hydrogen) atoms. The summed E-state index contributed by atoms with van der Waals surface area (Å²) in [5.41, 5.74) is 0. The Hall–Kier alpha value is -0.690. The van der Waals surface area contributed by atoms with Crippen molar-refractivity contribution in [2.45, 2.75) is 127 Å². The van der Waals surface area contributed by atoms with Crippen LogP contribution >= 0.6 is 0 Å². The van der Waals surface area contributed by atoms with E-state index in [2.05, 4.69) is 12.2 Å². The number of carbonyl (C=O) groups excluding carboxylic acids is 1. The highest BCUT2D eigenvalue weighted by Crippen LogP contribution is 2.28. The summed E-state index contributed by atoms with van der Waals surface area (Å²) in [6, 6.07) is -0.708. The van der Waals surface area contributed by atoms with E-state index in [-0.39, 0.29) is 12.5 Å². The van der Waals surface area contributed by atoms with Crippen molar-refractivity contribution >= 4 is 5.91 Å². The molecule has 5 atom stereocenters. The molecule has 0 aromatic rings. The van der Waals surface area contributed by atoms with Crippen molar-refractivity contribution in [3.05, 3.63) is 0 Å². The molecule has 2 saturated heterocycles. The third-order valence-electron chi connectivity index (χ3n) is 5.96. The molecule has 164 valence electrons. The number of hydrogen-bond acceptors (Lipinski definition) is 5. The average molecular weight is 400 g/mol. The molecule has 6 heteroatoms. The molecule has 2 aliphatic heterocycles. The molecule has 0 radical (unpaired) electrons. The molecule has 2 fully saturated rings. The first-order chi connectivity index (χ1) is 13.6. The van der Waals surface area contributed by atoms with Crippen molar-refractivity contribution in [3.8, 4) is 0 Å². The van der Waals surface area contributed by atoms with Crippen LogP contribution in [0.15, 0.2) is 0 Å². The summed E-state index contributed by atoms with van der Waals surface area (Å²) in [6.45, 7) is 2.51. The number of aliphatic hydroxyl groups excluding tert-OH is 2. The van der Waals surface area contributed by atoms with Gasteiger partial charge in [0.15, 0.2) is 6.29 Å². The number of aliphatic hydroxyl groups is 2. The van der Waals surface area contributed by atoms with Crippen LogP contribution in [0.5, 0.6) is 0 Å². The number of fused-ring (bicyclic) bond motifs is 2. The Kier molecular flexibility index (Phi) is 11.4. The van der Waals surface area contributed by atoms with Gasteiger partial charge in [-0.1, -0.05) is 84.0 Å². The lowest BCUT2D eigenvalue weighted by Crippen LogP contribution is -2.61. The minimum atomic E-state index is -1.02. The molecule has 6 nitrogen and oxygen atoms in total. The summed E-state index contributed by atoms with van der Waals surface area (Å²) in [4.78, 5) is 12.1. The summed E-state index contributed by atoms with van der Waals surface area (Å²) >= 11 is 0. The lowest BCUT2D eigenvalue weighted by Gasteiger charge is -2.36. The van der Waals surface area contributed by atoms with Crippen molar-refractivity contribution in [1.82, 2.24) is 5.32 Å². The zero-order chi connectivity index (χ0) is 20.2. The van der Waals surface area contributed by atoms with Crippen molar-refractivity contribution in [2.24, 2.45) is 0 Å². The Morgan fingerprint density at radius 2 is 1.39 bits per heavy atom. The van der Waals surface area contributed by atoms with E-state index in [0.717, 1.165) is 12.8 Å². The molecule has 1 amide bonds. The van der Waals surface area contributed by atoms with Crippen molar-refractivity contribution < 1.29 is 24.5 Å². The lowest BCUT2D eigenvalue weighted by molar-refractivity contribution is -0.196. The van der Waals surface area contributed by atoms with E-state index in [1.807, 2.05) is 0 Å². The summed E-state index contributed by atoms with van der Waals surface area (Å²) in [5, 5.41) is 23.1. The molecule has 2 bridgehead atoms. The van der Waals surface area contributed by atoms with Gasteiger partial charge in [-0.15, -0.1) is 0 Å². The second-order valence-corrected chi connectivity index (χ2v) is 8.44. The van der Waals surface area contributed by atoms with Crippen LogP contribution in [0, 0.1) is 0 Å². The molecule has 2 rings (SSSR count). The lowest BCUT2D eigenvalue weighted by atomic mass is 9.97. The fraction of sp³-hybridized carbons (Fsp3) is 0.955. The third kappa shape index (κ3) is 7.97. The first kappa shape index (κ1) is 23.6. The smallest absolute Gasteiger partial charge is 0.220 e. The topological polar surface area (TPSA) is 88.0 Å². The Labute approximate surface area is 170 Å². The van der Waals surface area contributed by atoms with Crippen molar-refractivity contribution in [3.63, 3.8) is 0 Å². The van der Waals surface area contributed by atoms with Gasteiger partial charge in [0.05, 0.1) is 12.6 Å². The van der Waals surface area contributed by atoms with Crippen LogP contribution < -0.4 is 5.32 Å². The molecule has 0 saturated carbocycles. The Balaban J connectivity index is 1.41. The van der Waals surface area contributed by atoms with Gasteiger partial charge in [-0.2, -0.15) is 0 Å². The number of amides is 1. The second kappa shape index (κ2) is 13.5. The molecular weight excluding hydrogens is 358 g/mol. The van der Waals surface area contributed by atoms with E-state index >= 15 is 0 Å². The summed E-state index contributed by atoms with van der Waals surface area (Å²) in [6.07, 6.45) is 13.8. The normalized spacial score (nSPS) is 29.2. The Bertz CT molecular complexity index is 417. The highest BCUT2D eigenvalue weighted by molar-refractivity contribution is 5.76. The van der Waals surface area contributed by atoms with Crippen LogP contribution in [-0.2, 0) is 14.3 Å². The van der Waals surface area contributed by atoms with E-state index in [0.29, 0.717) is 6.42 Å². The first-order valence-electron chi connectivity index (χ1n) is 11.6. The molecule has 0 aromatic heterocycles. The maximum absolute atomic E-state index is 12.1. The predicted molar refractivity (Wildman–Crippen MR) is 109 cm³/mol. The fourth-order valence-electron chi connectivity index (χ4n) is 4.13. The highest BCUT2D eigenvalue weighted by Gasteiger charge is 2.49. The van der Waals surface area contributed by atoms with Gasteiger partial charge < -0.3 is 25.0 Å². The maximum atomic E-state index is 12.1. The summed E-state index contributed by atoms with van der Waals surface area (Å²) in [7, 11) is 0. The minimum absolute atomic E-state index is 0.118. The molecule has 2 aliphatic rings. The number of nitrogens with one attached hydrogen (secondary N) is 1. The van der Waals surface area contributed by atoms with Gasteiger partial charge in [-0.05, 0) is 6.42 Å². The van der Waals surface area contributed by atoms with E-state index in [1.54, 1.807) is 0 Å². The Morgan fingerprint density at radius 1 is 0.857 bits per heavy atom. The number of carbonyl (C=O) groups is 1. The fourth-order valence-corrected chi connectivity index (χ4v) is 4.13. The van der Waals surface area contributed by atoms with E-state index in [1.165, 1.54) is 70.6 Å². The quantitative estimate of drug-likeness (QED) is 0.367.